The summed E-state index contributed by atoms with van der Waals surface area (Å²) in [4.78, 5) is 2.30. The third-order valence-electron chi connectivity index (χ3n) is 2.16. The Morgan fingerprint density at radius 1 is 1.45 bits per heavy atom. The Labute approximate surface area is 75.0 Å². The van der Waals surface area contributed by atoms with Crippen LogP contribution in [0.15, 0.2) is 0 Å². The van der Waals surface area contributed by atoms with Crippen molar-refractivity contribution in [1.29, 1.82) is 0 Å². The van der Waals surface area contributed by atoms with Crippen molar-refractivity contribution in [3.8, 4) is 0 Å². The van der Waals surface area contributed by atoms with E-state index in [4.69, 9.17) is 0 Å². The quantitative estimate of drug-likeness (QED) is 0.653. The summed E-state index contributed by atoms with van der Waals surface area (Å²) in [6.07, 6.45) is 0.903. The van der Waals surface area contributed by atoms with Crippen LogP contribution in [0.3, 0.4) is 0 Å². The minimum absolute atomic E-state index is 0. The number of hydrogen-bond donors (Lipinski definition) is 1. The third kappa shape index (κ3) is 3.41. The van der Waals surface area contributed by atoms with Crippen LogP contribution in [-0.2, 0) is 0 Å². The Morgan fingerprint density at radius 3 is 2.55 bits per heavy atom. The van der Waals surface area contributed by atoms with Crippen LogP contribution in [0.4, 0.5) is 0 Å². The maximum absolute atomic E-state index is 9.34. The van der Waals surface area contributed by atoms with Gasteiger partial charge in [-0.05, 0) is 18.9 Å². The zero-order chi connectivity index (χ0) is 7.56. The number of rotatable bonds is 1. The molecule has 0 aliphatic carbocycles. The van der Waals surface area contributed by atoms with Crippen molar-refractivity contribution in [3.63, 3.8) is 0 Å². The van der Waals surface area contributed by atoms with Gasteiger partial charge in [-0.15, -0.1) is 12.4 Å². The second-order valence-electron chi connectivity index (χ2n) is 3.35. The monoisotopic (exact) mass is 179 g/mol. The molecule has 0 radical (unpaired) electrons. The smallest absolute Gasteiger partial charge is 0.0670 e. The number of aliphatic hydroxyl groups is 1. The molecule has 1 aliphatic heterocycles. The molecule has 11 heavy (non-hydrogen) atoms. The van der Waals surface area contributed by atoms with Gasteiger partial charge in [0.1, 0.15) is 0 Å². The summed E-state index contributed by atoms with van der Waals surface area (Å²) in [5, 5.41) is 9.34. The van der Waals surface area contributed by atoms with E-state index in [1.54, 1.807) is 0 Å². The van der Waals surface area contributed by atoms with E-state index in [0.717, 1.165) is 26.1 Å². The molecule has 0 saturated carbocycles. The molecule has 2 atom stereocenters. The second-order valence-corrected chi connectivity index (χ2v) is 3.35. The van der Waals surface area contributed by atoms with Gasteiger partial charge in [-0.25, -0.2) is 0 Å². The molecule has 1 fully saturated rings. The second kappa shape index (κ2) is 4.96. The molecule has 0 amide bonds. The van der Waals surface area contributed by atoms with Gasteiger partial charge in [0, 0.05) is 13.1 Å². The van der Waals surface area contributed by atoms with Crippen LogP contribution in [0.5, 0.6) is 0 Å². The van der Waals surface area contributed by atoms with Gasteiger partial charge in [0.2, 0.25) is 0 Å². The molecular weight excluding hydrogens is 162 g/mol. The maximum atomic E-state index is 9.34. The van der Waals surface area contributed by atoms with Gasteiger partial charge >= 0.3 is 0 Å². The zero-order valence-electron chi connectivity index (χ0n) is 7.29. The van der Waals surface area contributed by atoms with Crippen LogP contribution < -0.4 is 0 Å². The first-order valence-corrected chi connectivity index (χ1v) is 4.12. The van der Waals surface area contributed by atoms with Crippen molar-refractivity contribution >= 4 is 12.4 Å². The fourth-order valence-corrected chi connectivity index (χ4v) is 1.69. The standard InChI is InChI=1S/C8H17NO.ClH/c1-3-9-5-7(2)4-8(10)6-9;/h7-8,10H,3-6H2,1-2H3;1H. The van der Waals surface area contributed by atoms with Gasteiger partial charge in [0.15, 0.2) is 0 Å². The number of β-amino-alcohol motifs (C(OH)–C–C–N with tert-alkyl or cyclic N) is 1. The van der Waals surface area contributed by atoms with Crippen LogP contribution in [0.2, 0.25) is 0 Å². The first-order valence-electron chi connectivity index (χ1n) is 4.12. The van der Waals surface area contributed by atoms with Crippen molar-refractivity contribution in [2.75, 3.05) is 19.6 Å². The van der Waals surface area contributed by atoms with Crippen LogP contribution >= 0.6 is 12.4 Å². The summed E-state index contributed by atoms with van der Waals surface area (Å²) in [5.41, 5.74) is 0. The molecule has 1 heterocycles. The van der Waals surface area contributed by atoms with Crippen molar-refractivity contribution in [2.45, 2.75) is 26.4 Å². The summed E-state index contributed by atoms with van der Waals surface area (Å²) in [6.45, 7) is 7.45. The van der Waals surface area contributed by atoms with E-state index in [1.165, 1.54) is 0 Å². The minimum Gasteiger partial charge on any atom is -0.392 e. The number of aliphatic hydroxyl groups excluding tert-OH is 1. The summed E-state index contributed by atoms with van der Waals surface area (Å²) in [5.74, 6) is 0.670. The highest BCUT2D eigenvalue weighted by Gasteiger charge is 2.21. The normalized spacial score (nSPS) is 33.0. The van der Waals surface area contributed by atoms with Gasteiger partial charge in [-0.1, -0.05) is 13.8 Å². The summed E-state index contributed by atoms with van der Waals surface area (Å²) < 4.78 is 0. The Balaban J connectivity index is 0.000001000. The lowest BCUT2D eigenvalue weighted by Gasteiger charge is -2.33. The number of halogens is 1. The van der Waals surface area contributed by atoms with Crippen LogP contribution in [-0.4, -0.2) is 35.7 Å². The molecule has 3 heteroatoms. The summed E-state index contributed by atoms with van der Waals surface area (Å²) in [7, 11) is 0. The number of nitrogens with zero attached hydrogens (tertiary/aromatic N) is 1. The van der Waals surface area contributed by atoms with Gasteiger partial charge in [-0.3, -0.25) is 0 Å². The number of piperidine rings is 1. The highest BCUT2D eigenvalue weighted by Crippen LogP contribution is 2.15. The number of hydrogen-bond acceptors (Lipinski definition) is 2. The molecule has 68 valence electrons. The van der Waals surface area contributed by atoms with E-state index < -0.39 is 0 Å². The molecule has 0 aromatic carbocycles. The first-order chi connectivity index (χ1) is 4.72. The van der Waals surface area contributed by atoms with E-state index in [0.29, 0.717) is 5.92 Å². The van der Waals surface area contributed by atoms with Crippen molar-refractivity contribution in [3.05, 3.63) is 0 Å². The van der Waals surface area contributed by atoms with Crippen LogP contribution in [0.25, 0.3) is 0 Å². The van der Waals surface area contributed by atoms with E-state index in [-0.39, 0.29) is 18.5 Å². The average Bonchev–Trinajstić information content (AvgIpc) is 1.85. The van der Waals surface area contributed by atoms with Crippen molar-refractivity contribution in [1.82, 2.24) is 4.90 Å². The summed E-state index contributed by atoms with van der Waals surface area (Å²) in [6, 6.07) is 0. The largest absolute Gasteiger partial charge is 0.392 e. The predicted octanol–water partition coefficient (Wildman–Crippen LogP) is 1.13. The molecule has 1 aliphatic rings. The predicted molar refractivity (Wildman–Crippen MR) is 49.1 cm³/mol. The molecule has 1 N–H and O–H groups in total. The third-order valence-corrected chi connectivity index (χ3v) is 2.16. The Morgan fingerprint density at radius 2 is 2.09 bits per heavy atom. The SMILES string of the molecule is CCN1CC(C)CC(O)C1.Cl. The average molecular weight is 180 g/mol. The lowest BCUT2D eigenvalue weighted by molar-refractivity contribution is 0.0476. The Hall–Kier alpha value is 0.210. The van der Waals surface area contributed by atoms with E-state index >= 15 is 0 Å². The fraction of sp³-hybridized carbons (Fsp3) is 1.00. The highest BCUT2D eigenvalue weighted by molar-refractivity contribution is 5.85. The minimum atomic E-state index is -0.0799. The molecule has 1 saturated heterocycles. The van der Waals surface area contributed by atoms with E-state index in [1.807, 2.05) is 0 Å². The van der Waals surface area contributed by atoms with Crippen molar-refractivity contribution < 1.29 is 5.11 Å². The van der Waals surface area contributed by atoms with E-state index in [2.05, 4.69) is 18.7 Å². The van der Waals surface area contributed by atoms with Gasteiger partial charge in [-0.2, -0.15) is 0 Å². The zero-order valence-corrected chi connectivity index (χ0v) is 8.10. The Bertz CT molecular complexity index is 100. The molecule has 1 rings (SSSR count). The first kappa shape index (κ1) is 11.2. The maximum Gasteiger partial charge on any atom is 0.0670 e. The molecule has 0 aromatic rings. The number of likely N-dealkylation sites (tertiary alicyclic amines) is 1. The van der Waals surface area contributed by atoms with Crippen LogP contribution in [0, 0.1) is 5.92 Å². The lowest BCUT2D eigenvalue weighted by Crippen LogP contribution is -2.41. The fourth-order valence-electron chi connectivity index (χ4n) is 1.69. The van der Waals surface area contributed by atoms with Gasteiger partial charge < -0.3 is 10.0 Å². The molecule has 0 aromatic heterocycles. The highest BCUT2D eigenvalue weighted by atomic mass is 35.5. The topological polar surface area (TPSA) is 23.5 Å². The number of likely N-dealkylation sites (N-methyl/N-ethyl adjacent to an activating group) is 1. The molecule has 2 nitrogen and oxygen atoms in total. The van der Waals surface area contributed by atoms with Gasteiger partial charge in [0.05, 0.1) is 6.10 Å². The molecular formula is C8H18ClNO. The van der Waals surface area contributed by atoms with E-state index in [9.17, 15) is 5.11 Å². The summed E-state index contributed by atoms with van der Waals surface area (Å²) >= 11 is 0. The molecule has 0 spiro atoms. The lowest BCUT2D eigenvalue weighted by atomic mass is 9.98. The molecule has 0 bridgehead atoms. The molecule has 2 unspecified atom stereocenters. The van der Waals surface area contributed by atoms with Crippen molar-refractivity contribution in [2.24, 2.45) is 5.92 Å². The van der Waals surface area contributed by atoms with Gasteiger partial charge in [0.25, 0.3) is 0 Å². The Kier molecular flexibility index (Phi) is 5.06. The van der Waals surface area contributed by atoms with Crippen LogP contribution in [0.1, 0.15) is 20.3 Å².